The number of nitrogens with zero attached hydrogens (tertiary/aromatic N) is 3. The minimum absolute atomic E-state index is 0.333. The Hall–Kier alpha value is -3.32. The fourth-order valence-electron chi connectivity index (χ4n) is 4.29. The molecule has 2 heterocycles. The largest absolute Gasteiger partial charge is 0.497 e. The zero-order valence-electron chi connectivity index (χ0n) is 19.5. The van der Waals surface area contributed by atoms with E-state index in [4.69, 9.17) is 19.3 Å². The number of fused-ring (bicyclic) bond motifs is 1. The number of hydrogen-bond donors (Lipinski definition) is 0. The molecular formula is C26H31N3O4. The number of methoxy groups -OCH3 is 2. The third kappa shape index (κ3) is 5.37. The topological polar surface area (TPSA) is 65.8 Å². The van der Waals surface area contributed by atoms with Gasteiger partial charge in [0.1, 0.15) is 11.5 Å². The standard InChI is InChI=1S/C26H31N3O4/c1-4-33-26(30)25-23-18-28(17-20-6-5-7-22(16-20)32-3)14-13-24(23)29(27-25)15-12-19-8-10-21(31-2)11-9-19/h5-11,16H,4,12-15,17-18H2,1-3H3. The molecule has 7 heteroatoms. The van der Waals surface area contributed by atoms with Crippen LogP contribution in [0.15, 0.2) is 48.5 Å². The molecule has 0 N–H and O–H groups in total. The smallest absolute Gasteiger partial charge is 0.359 e. The molecule has 0 unspecified atom stereocenters. The van der Waals surface area contributed by atoms with Crippen LogP contribution in [0.2, 0.25) is 0 Å². The van der Waals surface area contributed by atoms with E-state index in [-0.39, 0.29) is 5.97 Å². The molecule has 7 nitrogen and oxygen atoms in total. The van der Waals surface area contributed by atoms with Gasteiger partial charge in [-0.25, -0.2) is 4.79 Å². The van der Waals surface area contributed by atoms with E-state index in [1.54, 1.807) is 14.2 Å². The molecule has 0 bridgehead atoms. The van der Waals surface area contributed by atoms with E-state index in [1.165, 1.54) is 11.1 Å². The zero-order valence-corrected chi connectivity index (χ0v) is 19.5. The first-order valence-corrected chi connectivity index (χ1v) is 11.3. The number of carbonyl (C=O) groups is 1. The summed E-state index contributed by atoms with van der Waals surface area (Å²) in [6.07, 6.45) is 1.67. The number of hydrogen-bond acceptors (Lipinski definition) is 6. The summed E-state index contributed by atoms with van der Waals surface area (Å²) in [6, 6.07) is 16.2. The lowest BCUT2D eigenvalue weighted by Crippen LogP contribution is -2.31. The number of carbonyl (C=O) groups excluding carboxylic acids is 1. The summed E-state index contributed by atoms with van der Waals surface area (Å²) in [7, 11) is 3.34. The molecule has 2 aromatic carbocycles. The predicted molar refractivity (Wildman–Crippen MR) is 126 cm³/mol. The Bertz CT molecular complexity index is 1090. The summed E-state index contributed by atoms with van der Waals surface area (Å²) in [5.41, 5.74) is 4.94. The number of esters is 1. The van der Waals surface area contributed by atoms with E-state index in [0.717, 1.165) is 48.7 Å². The molecule has 174 valence electrons. The molecule has 0 fully saturated rings. The molecule has 4 rings (SSSR count). The molecule has 0 saturated carbocycles. The van der Waals surface area contributed by atoms with Gasteiger partial charge in [0.25, 0.3) is 0 Å². The van der Waals surface area contributed by atoms with E-state index in [0.29, 0.717) is 25.4 Å². The van der Waals surface area contributed by atoms with Crippen LogP contribution < -0.4 is 9.47 Å². The summed E-state index contributed by atoms with van der Waals surface area (Å²) in [5.74, 6) is 1.35. The van der Waals surface area contributed by atoms with Gasteiger partial charge in [0.2, 0.25) is 0 Å². The van der Waals surface area contributed by atoms with Gasteiger partial charge in [-0.05, 0) is 48.7 Å². The van der Waals surface area contributed by atoms with Gasteiger partial charge in [-0.2, -0.15) is 5.10 Å². The summed E-state index contributed by atoms with van der Waals surface area (Å²) in [4.78, 5) is 15.0. The van der Waals surface area contributed by atoms with Crippen molar-refractivity contribution in [2.75, 3.05) is 27.4 Å². The van der Waals surface area contributed by atoms with Crippen molar-refractivity contribution in [1.82, 2.24) is 14.7 Å². The Kier molecular flexibility index (Phi) is 7.29. The van der Waals surface area contributed by atoms with E-state index in [2.05, 4.69) is 29.2 Å². The second-order valence-corrected chi connectivity index (χ2v) is 8.13. The fourth-order valence-corrected chi connectivity index (χ4v) is 4.29. The summed E-state index contributed by atoms with van der Waals surface area (Å²) in [6.45, 7) is 5.23. The van der Waals surface area contributed by atoms with Crippen LogP contribution in [0, 0.1) is 0 Å². The Morgan fingerprint density at radius 2 is 1.82 bits per heavy atom. The normalized spacial score (nSPS) is 13.4. The van der Waals surface area contributed by atoms with Crippen LogP contribution in [0.5, 0.6) is 11.5 Å². The van der Waals surface area contributed by atoms with Gasteiger partial charge < -0.3 is 14.2 Å². The fraction of sp³-hybridized carbons (Fsp3) is 0.385. The first-order valence-electron chi connectivity index (χ1n) is 11.3. The third-order valence-corrected chi connectivity index (χ3v) is 5.99. The monoisotopic (exact) mass is 449 g/mol. The van der Waals surface area contributed by atoms with Crippen LogP contribution in [0.3, 0.4) is 0 Å². The molecule has 1 aliphatic heterocycles. The van der Waals surface area contributed by atoms with Crippen molar-refractivity contribution in [1.29, 1.82) is 0 Å². The molecule has 33 heavy (non-hydrogen) atoms. The second kappa shape index (κ2) is 10.5. The van der Waals surface area contributed by atoms with Gasteiger partial charge in [0.15, 0.2) is 5.69 Å². The maximum absolute atomic E-state index is 12.7. The van der Waals surface area contributed by atoms with E-state index >= 15 is 0 Å². The molecule has 3 aromatic rings. The zero-order chi connectivity index (χ0) is 23.2. The van der Waals surface area contributed by atoms with Gasteiger partial charge in [-0.15, -0.1) is 0 Å². The second-order valence-electron chi connectivity index (χ2n) is 8.13. The lowest BCUT2D eigenvalue weighted by atomic mass is 10.0. The highest BCUT2D eigenvalue weighted by Crippen LogP contribution is 2.26. The molecule has 0 atom stereocenters. The van der Waals surface area contributed by atoms with Crippen molar-refractivity contribution in [3.8, 4) is 11.5 Å². The molecule has 1 aromatic heterocycles. The van der Waals surface area contributed by atoms with E-state index in [9.17, 15) is 4.79 Å². The van der Waals surface area contributed by atoms with Crippen molar-refractivity contribution < 1.29 is 19.0 Å². The average molecular weight is 450 g/mol. The highest BCUT2D eigenvalue weighted by Gasteiger charge is 2.28. The molecule has 0 amide bonds. The van der Waals surface area contributed by atoms with Gasteiger partial charge >= 0.3 is 5.97 Å². The van der Waals surface area contributed by atoms with Crippen LogP contribution >= 0.6 is 0 Å². The quantitative estimate of drug-likeness (QED) is 0.462. The molecule has 0 spiro atoms. The third-order valence-electron chi connectivity index (χ3n) is 5.99. The van der Waals surface area contributed by atoms with E-state index < -0.39 is 0 Å². The number of ether oxygens (including phenoxy) is 3. The Morgan fingerprint density at radius 3 is 2.55 bits per heavy atom. The minimum atomic E-state index is -0.347. The Labute approximate surface area is 194 Å². The molecule has 0 radical (unpaired) electrons. The average Bonchev–Trinajstić information content (AvgIpc) is 3.21. The molecule has 1 aliphatic rings. The lowest BCUT2D eigenvalue weighted by molar-refractivity contribution is 0.0515. The van der Waals surface area contributed by atoms with Crippen molar-refractivity contribution in [2.45, 2.75) is 39.4 Å². The highest BCUT2D eigenvalue weighted by atomic mass is 16.5. The minimum Gasteiger partial charge on any atom is -0.497 e. The predicted octanol–water partition coefficient (Wildman–Crippen LogP) is 3.88. The van der Waals surface area contributed by atoms with Gasteiger partial charge in [-0.3, -0.25) is 9.58 Å². The van der Waals surface area contributed by atoms with Crippen LogP contribution in [-0.4, -0.2) is 48.0 Å². The lowest BCUT2D eigenvalue weighted by Gasteiger charge is -2.27. The van der Waals surface area contributed by atoms with Crippen molar-refractivity contribution in [2.24, 2.45) is 0 Å². The SMILES string of the molecule is CCOC(=O)c1nn(CCc2ccc(OC)cc2)c2c1CN(Cc1cccc(OC)c1)CC2. The van der Waals surface area contributed by atoms with Crippen LogP contribution in [0.25, 0.3) is 0 Å². The number of aryl methyl sites for hydroxylation is 2. The molecule has 0 saturated heterocycles. The summed E-state index contributed by atoms with van der Waals surface area (Å²) >= 11 is 0. The first-order chi connectivity index (χ1) is 16.1. The molecular weight excluding hydrogens is 418 g/mol. The summed E-state index contributed by atoms with van der Waals surface area (Å²) in [5, 5.41) is 4.70. The Balaban J connectivity index is 1.53. The van der Waals surface area contributed by atoms with E-state index in [1.807, 2.05) is 35.9 Å². The van der Waals surface area contributed by atoms with Gasteiger partial charge in [0.05, 0.1) is 20.8 Å². The van der Waals surface area contributed by atoms with Gasteiger partial charge in [-0.1, -0.05) is 24.3 Å². The van der Waals surface area contributed by atoms with Crippen molar-refractivity contribution >= 4 is 5.97 Å². The number of benzene rings is 2. The van der Waals surface area contributed by atoms with Crippen molar-refractivity contribution in [3.05, 3.63) is 76.6 Å². The first kappa shape index (κ1) is 22.9. The van der Waals surface area contributed by atoms with Crippen molar-refractivity contribution in [3.63, 3.8) is 0 Å². The number of aromatic nitrogens is 2. The van der Waals surface area contributed by atoms with Crippen LogP contribution in [0.1, 0.15) is 39.8 Å². The van der Waals surface area contributed by atoms with Gasteiger partial charge in [0, 0.05) is 43.9 Å². The number of rotatable bonds is 9. The van der Waals surface area contributed by atoms with Crippen LogP contribution in [0.4, 0.5) is 0 Å². The molecule has 0 aliphatic carbocycles. The Morgan fingerprint density at radius 1 is 1.03 bits per heavy atom. The maximum atomic E-state index is 12.7. The van der Waals surface area contributed by atoms with Crippen LogP contribution in [-0.2, 0) is 37.2 Å². The highest BCUT2D eigenvalue weighted by molar-refractivity contribution is 5.89. The summed E-state index contributed by atoms with van der Waals surface area (Å²) < 4.78 is 17.9. The maximum Gasteiger partial charge on any atom is 0.359 e.